The molecular formula is C18H13ClF3N5O2S. The summed E-state index contributed by atoms with van der Waals surface area (Å²) in [4.78, 5) is 30.9. The van der Waals surface area contributed by atoms with E-state index in [0.717, 1.165) is 27.3 Å². The molecule has 7 nitrogen and oxygen atoms in total. The first kappa shape index (κ1) is 20.4. The van der Waals surface area contributed by atoms with Crippen molar-refractivity contribution < 1.29 is 18.0 Å². The van der Waals surface area contributed by atoms with E-state index in [1.54, 1.807) is 0 Å². The number of benzene rings is 1. The summed E-state index contributed by atoms with van der Waals surface area (Å²) in [5.41, 5.74) is -0.902. The maximum Gasteiger partial charge on any atom is 0.418 e. The Bertz CT molecular complexity index is 1370. The topological polar surface area (TPSA) is 81.3 Å². The molecule has 30 heavy (non-hydrogen) atoms. The molecule has 1 N–H and O–H groups in total. The molecule has 12 heteroatoms. The number of rotatable bonds is 3. The summed E-state index contributed by atoms with van der Waals surface area (Å²) in [6.07, 6.45) is -3.39. The normalized spacial score (nSPS) is 12.1. The second-order valence-corrected chi connectivity index (χ2v) is 8.22. The van der Waals surface area contributed by atoms with Crippen molar-refractivity contribution in [1.82, 2.24) is 19.2 Å². The number of aromatic nitrogens is 4. The lowest BCUT2D eigenvalue weighted by molar-refractivity contribution is -0.137. The Morgan fingerprint density at radius 3 is 2.73 bits per heavy atom. The Morgan fingerprint density at radius 2 is 2.03 bits per heavy atom. The molecule has 3 heterocycles. The van der Waals surface area contributed by atoms with E-state index in [1.807, 2.05) is 13.8 Å². The van der Waals surface area contributed by atoms with Gasteiger partial charge in [0.05, 0.1) is 16.6 Å². The average Bonchev–Trinajstić information content (AvgIpc) is 3.12. The van der Waals surface area contributed by atoms with Crippen LogP contribution in [-0.4, -0.2) is 25.1 Å². The van der Waals surface area contributed by atoms with Crippen LogP contribution >= 0.6 is 22.9 Å². The maximum absolute atomic E-state index is 13.2. The zero-order valence-corrected chi connectivity index (χ0v) is 17.1. The summed E-state index contributed by atoms with van der Waals surface area (Å²) in [6.45, 7) is 3.24. The number of nitrogens with zero attached hydrogens (tertiary/aromatic N) is 4. The van der Waals surface area contributed by atoms with Gasteiger partial charge in [0.1, 0.15) is 17.7 Å². The molecule has 0 fully saturated rings. The van der Waals surface area contributed by atoms with Crippen molar-refractivity contribution in [2.24, 2.45) is 0 Å². The molecule has 0 spiro atoms. The van der Waals surface area contributed by atoms with Crippen LogP contribution in [0.5, 0.6) is 0 Å². The molecule has 4 aromatic rings. The van der Waals surface area contributed by atoms with Crippen LogP contribution in [0.25, 0.3) is 15.9 Å². The maximum atomic E-state index is 13.2. The van der Waals surface area contributed by atoms with Crippen molar-refractivity contribution in [3.05, 3.63) is 56.0 Å². The lowest BCUT2D eigenvalue weighted by Gasteiger charge is -2.14. The summed E-state index contributed by atoms with van der Waals surface area (Å²) in [7, 11) is 0. The van der Waals surface area contributed by atoms with E-state index < -0.39 is 35.6 Å². The Labute approximate surface area is 175 Å². The van der Waals surface area contributed by atoms with Crippen molar-refractivity contribution >= 4 is 50.4 Å². The SMILES string of the molecule is Cc1sc2ncn3c(=O)n(CC(=O)Nc4ccc(Cl)cc4C(F)(F)F)nc3c2c1C. The van der Waals surface area contributed by atoms with Gasteiger partial charge in [0.2, 0.25) is 5.91 Å². The molecule has 0 aliphatic carbocycles. The van der Waals surface area contributed by atoms with Crippen molar-refractivity contribution in [2.45, 2.75) is 26.6 Å². The van der Waals surface area contributed by atoms with Crippen molar-refractivity contribution in [3.8, 4) is 0 Å². The molecule has 1 amide bonds. The second kappa shape index (κ2) is 7.10. The fourth-order valence-corrected chi connectivity index (χ4v) is 4.22. The zero-order chi connectivity index (χ0) is 21.8. The van der Waals surface area contributed by atoms with Gasteiger partial charge in [-0.15, -0.1) is 16.4 Å². The highest BCUT2D eigenvalue weighted by atomic mass is 35.5. The highest BCUT2D eigenvalue weighted by Crippen LogP contribution is 2.36. The van der Waals surface area contributed by atoms with E-state index in [1.165, 1.54) is 28.1 Å². The summed E-state index contributed by atoms with van der Waals surface area (Å²) < 4.78 is 41.7. The molecule has 0 aliphatic rings. The highest BCUT2D eigenvalue weighted by molar-refractivity contribution is 7.18. The predicted molar refractivity (Wildman–Crippen MR) is 107 cm³/mol. The van der Waals surface area contributed by atoms with Crippen LogP contribution in [0.15, 0.2) is 29.3 Å². The molecule has 0 atom stereocenters. The molecule has 0 bridgehead atoms. The largest absolute Gasteiger partial charge is 0.418 e. The number of hydrogen-bond acceptors (Lipinski definition) is 5. The lowest BCUT2D eigenvalue weighted by Crippen LogP contribution is -2.28. The minimum atomic E-state index is -4.71. The molecule has 3 aromatic heterocycles. The number of halogens is 4. The van der Waals surface area contributed by atoms with Gasteiger partial charge in [0.25, 0.3) is 0 Å². The van der Waals surface area contributed by atoms with Gasteiger partial charge in [0, 0.05) is 9.90 Å². The van der Waals surface area contributed by atoms with Gasteiger partial charge < -0.3 is 5.32 Å². The molecule has 0 unspecified atom stereocenters. The number of aryl methyl sites for hydroxylation is 2. The van der Waals surface area contributed by atoms with E-state index in [0.29, 0.717) is 15.9 Å². The number of carbonyl (C=O) groups excluding carboxylic acids is 1. The fraction of sp³-hybridized carbons (Fsp3) is 0.222. The molecule has 0 saturated carbocycles. The zero-order valence-electron chi connectivity index (χ0n) is 15.5. The van der Waals surface area contributed by atoms with Crippen LogP contribution in [-0.2, 0) is 17.5 Å². The summed E-state index contributed by atoms with van der Waals surface area (Å²) >= 11 is 7.10. The number of nitrogens with one attached hydrogen (secondary N) is 1. The van der Waals surface area contributed by atoms with Gasteiger partial charge in [0.15, 0.2) is 5.65 Å². The molecule has 0 saturated heterocycles. The summed E-state index contributed by atoms with van der Waals surface area (Å²) in [5, 5.41) is 6.97. The first-order chi connectivity index (χ1) is 14.1. The van der Waals surface area contributed by atoms with Gasteiger partial charge >= 0.3 is 11.9 Å². The monoisotopic (exact) mass is 455 g/mol. The highest BCUT2D eigenvalue weighted by Gasteiger charge is 2.34. The van der Waals surface area contributed by atoms with Gasteiger partial charge in [-0.25, -0.2) is 18.9 Å². The van der Waals surface area contributed by atoms with Crippen molar-refractivity contribution in [1.29, 1.82) is 0 Å². The first-order valence-electron chi connectivity index (χ1n) is 8.56. The van der Waals surface area contributed by atoms with E-state index in [9.17, 15) is 22.8 Å². The number of fused-ring (bicyclic) bond motifs is 3. The van der Waals surface area contributed by atoms with Crippen LogP contribution in [0.2, 0.25) is 5.02 Å². The molecule has 0 aliphatic heterocycles. The van der Waals surface area contributed by atoms with Crippen molar-refractivity contribution in [3.63, 3.8) is 0 Å². The van der Waals surface area contributed by atoms with Gasteiger partial charge in [-0.1, -0.05) is 11.6 Å². The number of carbonyl (C=O) groups is 1. The Kier molecular flexibility index (Phi) is 4.82. The smallest absolute Gasteiger partial charge is 0.324 e. The number of anilines is 1. The Balaban J connectivity index is 1.69. The number of alkyl halides is 3. The van der Waals surface area contributed by atoms with E-state index >= 15 is 0 Å². The van der Waals surface area contributed by atoms with Crippen LogP contribution in [0.4, 0.5) is 18.9 Å². The molecule has 156 valence electrons. The third-order valence-corrected chi connectivity index (χ3v) is 5.96. The number of thiophene rings is 1. The number of hydrogen-bond donors (Lipinski definition) is 1. The molecule has 1 aromatic carbocycles. The number of amides is 1. The second-order valence-electron chi connectivity index (χ2n) is 6.58. The van der Waals surface area contributed by atoms with E-state index in [2.05, 4.69) is 15.4 Å². The van der Waals surface area contributed by atoms with Crippen LogP contribution in [0.3, 0.4) is 0 Å². The van der Waals surface area contributed by atoms with Crippen LogP contribution in [0.1, 0.15) is 16.0 Å². The summed E-state index contributed by atoms with van der Waals surface area (Å²) in [5.74, 6) is -0.837. The third-order valence-electron chi connectivity index (χ3n) is 4.61. The van der Waals surface area contributed by atoms with Gasteiger partial charge in [-0.2, -0.15) is 13.2 Å². The van der Waals surface area contributed by atoms with Crippen LogP contribution < -0.4 is 11.0 Å². The van der Waals surface area contributed by atoms with E-state index in [4.69, 9.17) is 11.6 Å². The average molecular weight is 456 g/mol. The van der Waals surface area contributed by atoms with Gasteiger partial charge in [-0.3, -0.25) is 4.79 Å². The third kappa shape index (κ3) is 3.43. The van der Waals surface area contributed by atoms with Crippen molar-refractivity contribution in [2.75, 3.05) is 5.32 Å². The first-order valence-corrected chi connectivity index (χ1v) is 9.76. The molecule has 4 rings (SSSR count). The minimum absolute atomic E-state index is 0.116. The summed E-state index contributed by atoms with van der Waals surface area (Å²) in [6, 6.07) is 3.01. The predicted octanol–water partition coefficient (Wildman–Crippen LogP) is 4.03. The molecule has 0 radical (unpaired) electrons. The van der Waals surface area contributed by atoms with E-state index in [-0.39, 0.29) is 5.02 Å². The lowest BCUT2D eigenvalue weighted by atomic mass is 10.1. The Hall–Kier alpha value is -2.92. The standard InChI is InChI=1S/C18H13ClF3N5O2S/c1-8-9(2)30-16-14(8)15-25-27(17(29)26(15)7-23-16)6-13(28)24-12-4-3-10(19)5-11(12)18(20,21)22/h3-5,7H,6H2,1-2H3,(H,24,28). The quantitative estimate of drug-likeness (QED) is 0.505. The minimum Gasteiger partial charge on any atom is -0.324 e. The molecular weight excluding hydrogens is 443 g/mol. The van der Waals surface area contributed by atoms with Crippen LogP contribution in [0, 0.1) is 13.8 Å². The van der Waals surface area contributed by atoms with Gasteiger partial charge in [-0.05, 0) is 37.6 Å². The fourth-order valence-electron chi connectivity index (χ4n) is 3.06. The Morgan fingerprint density at radius 1 is 1.30 bits per heavy atom.